The van der Waals surface area contributed by atoms with Gasteiger partial charge in [0.25, 0.3) is 0 Å². The molecule has 1 heterocycles. The van der Waals surface area contributed by atoms with Crippen LogP contribution in [0.2, 0.25) is 0 Å². The number of pyridine rings is 1. The van der Waals surface area contributed by atoms with Crippen LogP contribution < -0.4 is 15.8 Å². The molecule has 0 bridgehead atoms. The summed E-state index contributed by atoms with van der Waals surface area (Å²) in [5, 5.41) is 21.0. The second kappa shape index (κ2) is 8.09. The highest BCUT2D eigenvalue weighted by Crippen LogP contribution is 2.38. The predicted molar refractivity (Wildman–Crippen MR) is 110 cm³/mol. The summed E-state index contributed by atoms with van der Waals surface area (Å²) >= 11 is 6.79. The van der Waals surface area contributed by atoms with Gasteiger partial charge >= 0.3 is 0 Å². The number of nitriles is 2. The van der Waals surface area contributed by atoms with Crippen molar-refractivity contribution in [1.29, 1.82) is 10.5 Å². The molecule has 1 aromatic heterocycles. The first-order valence-electron chi connectivity index (χ1n) is 7.61. The summed E-state index contributed by atoms with van der Waals surface area (Å²) in [5.74, 6) is 1.25. The van der Waals surface area contributed by atoms with Crippen LogP contribution in [0.4, 0.5) is 17.2 Å². The highest BCUT2D eigenvalue weighted by molar-refractivity contribution is 9.11. The summed E-state index contributed by atoms with van der Waals surface area (Å²) < 4.78 is 7.09. The van der Waals surface area contributed by atoms with Gasteiger partial charge in [-0.1, -0.05) is 0 Å². The predicted octanol–water partition coefficient (Wildman–Crippen LogP) is 5.47. The lowest BCUT2D eigenvalue weighted by atomic mass is 10.2. The molecule has 0 fully saturated rings. The SMILES string of the molecule is N#Cc1ccc(Nc2nc(Oc3c(Br)cc(C#N)cc3Br)ccc2N)cc1. The van der Waals surface area contributed by atoms with Gasteiger partial charge in [-0.15, -0.1) is 0 Å². The minimum absolute atomic E-state index is 0.325. The number of benzene rings is 2. The molecule has 0 saturated heterocycles. The molecule has 2 aromatic carbocycles. The number of halogens is 2. The number of nitrogens with one attached hydrogen (secondary N) is 1. The maximum atomic E-state index is 9.02. The molecule has 3 rings (SSSR count). The summed E-state index contributed by atoms with van der Waals surface area (Å²) in [6, 6.07) is 17.7. The summed E-state index contributed by atoms with van der Waals surface area (Å²) in [6.07, 6.45) is 0. The average Bonchev–Trinajstić information content (AvgIpc) is 2.67. The summed E-state index contributed by atoms with van der Waals surface area (Å²) in [5.41, 5.74) is 8.25. The first-order valence-corrected chi connectivity index (χ1v) is 9.19. The van der Waals surface area contributed by atoms with E-state index in [4.69, 9.17) is 21.0 Å². The second-order valence-electron chi connectivity index (χ2n) is 5.38. The molecule has 0 aliphatic rings. The van der Waals surface area contributed by atoms with Gasteiger partial charge in [0.1, 0.15) is 0 Å². The van der Waals surface area contributed by atoms with E-state index in [9.17, 15) is 0 Å². The Morgan fingerprint density at radius 2 is 1.56 bits per heavy atom. The fourth-order valence-electron chi connectivity index (χ4n) is 2.20. The van der Waals surface area contributed by atoms with Gasteiger partial charge in [-0.25, -0.2) is 0 Å². The largest absolute Gasteiger partial charge is 0.437 e. The molecule has 6 nitrogen and oxygen atoms in total. The average molecular weight is 485 g/mol. The summed E-state index contributed by atoms with van der Waals surface area (Å²) in [6.45, 7) is 0. The van der Waals surface area contributed by atoms with Crippen molar-refractivity contribution in [3.63, 3.8) is 0 Å². The van der Waals surface area contributed by atoms with E-state index < -0.39 is 0 Å². The highest BCUT2D eigenvalue weighted by Gasteiger charge is 2.12. The van der Waals surface area contributed by atoms with Crippen LogP contribution in [0.3, 0.4) is 0 Å². The van der Waals surface area contributed by atoms with Crippen LogP contribution in [0.15, 0.2) is 57.5 Å². The summed E-state index contributed by atoms with van der Waals surface area (Å²) in [7, 11) is 0. The molecule has 0 unspecified atom stereocenters. The van der Waals surface area contributed by atoms with E-state index in [1.807, 2.05) is 0 Å². The van der Waals surface area contributed by atoms with Gasteiger partial charge in [-0.05, 0) is 74.3 Å². The first-order chi connectivity index (χ1) is 13.0. The van der Waals surface area contributed by atoms with Gasteiger partial charge in [-0.2, -0.15) is 15.5 Å². The molecule has 132 valence electrons. The van der Waals surface area contributed by atoms with E-state index in [1.165, 1.54) is 0 Å². The quantitative estimate of drug-likeness (QED) is 0.508. The van der Waals surface area contributed by atoms with E-state index in [0.717, 1.165) is 5.69 Å². The second-order valence-corrected chi connectivity index (χ2v) is 7.09. The van der Waals surface area contributed by atoms with Crippen molar-refractivity contribution in [2.75, 3.05) is 11.1 Å². The van der Waals surface area contributed by atoms with E-state index in [-0.39, 0.29) is 0 Å². The molecule has 0 spiro atoms. The fourth-order valence-corrected chi connectivity index (χ4v) is 3.55. The minimum Gasteiger partial charge on any atom is -0.437 e. The zero-order valence-electron chi connectivity index (χ0n) is 13.7. The van der Waals surface area contributed by atoms with E-state index >= 15 is 0 Å². The number of rotatable bonds is 4. The molecule has 0 radical (unpaired) electrons. The molecule has 0 aliphatic carbocycles. The number of anilines is 3. The third-order valence-electron chi connectivity index (χ3n) is 3.51. The van der Waals surface area contributed by atoms with Gasteiger partial charge < -0.3 is 15.8 Å². The Hall–Kier alpha value is -3.07. The smallest absolute Gasteiger partial charge is 0.221 e. The fraction of sp³-hybridized carbons (Fsp3) is 0. The van der Waals surface area contributed by atoms with E-state index in [2.05, 4.69) is 54.3 Å². The number of hydrogen-bond donors (Lipinski definition) is 2. The zero-order valence-corrected chi connectivity index (χ0v) is 16.9. The van der Waals surface area contributed by atoms with Crippen LogP contribution in [0, 0.1) is 22.7 Å². The molecule has 3 aromatic rings. The van der Waals surface area contributed by atoms with Crippen LogP contribution in [0.5, 0.6) is 11.6 Å². The topological polar surface area (TPSA) is 108 Å². The molecule has 0 saturated carbocycles. The summed E-state index contributed by atoms with van der Waals surface area (Å²) in [4.78, 5) is 4.40. The van der Waals surface area contributed by atoms with Crippen molar-refractivity contribution in [3.8, 4) is 23.8 Å². The number of ether oxygens (including phenoxy) is 1. The number of nitrogens with zero attached hydrogens (tertiary/aromatic N) is 3. The number of nitrogens with two attached hydrogens (primary N) is 1. The van der Waals surface area contributed by atoms with Gasteiger partial charge in [0, 0.05) is 11.8 Å². The van der Waals surface area contributed by atoms with Crippen LogP contribution in [-0.2, 0) is 0 Å². The lowest BCUT2D eigenvalue weighted by molar-refractivity contribution is 0.458. The number of aromatic nitrogens is 1. The molecular formula is C19H11Br2N5O. The molecular weight excluding hydrogens is 474 g/mol. The highest BCUT2D eigenvalue weighted by atomic mass is 79.9. The number of nitrogen functional groups attached to an aromatic ring is 1. The standard InChI is InChI=1S/C19H11Br2N5O/c20-14-7-12(10-23)8-15(21)18(14)27-17-6-5-16(24)19(26-17)25-13-3-1-11(9-22)2-4-13/h1-8H,24H2,(H,25,26). The number of hydrogen-bond acceptors (Lipinski definition) is 6. The molecule has 3 N–H and O–H groups in total. The van der Waals surface area contributed by atoms with Crippen LogP contribution in [0.25, 0.3) is 0 Å². The Balaban J connectivity index is 1.87. The minimum atomic E-state index is 0.325. The van der Waals surface area contributed by atoms with Crippen molar-refractivity contribution in [1.82, 2.24) is 4.98 Å². The van der Waals surface area contributed by atoms with Crippen LogP contribution in [0.1, 0.15) is 11.1 Å². The third kappa shape index (κ3) is 4.37. The van der Waals surface area contributed by atoms with Gasteiger partial charge in [-0.3, -0.25) is 0 Å². The van der Waals surface area contributed by atoms with Gasteiger partial charge in [0.15, 0.2) is 11.6 Å². The monoisotopic (exact) mass is 483 g/mol. The van der Waals surface area contributed by atoms with E-state index in [0.29, 0.717) is 43.2 Å². The Labute approximate surface area is 172 Å². The molecule has 8 heteroatoms. The van der Waals surface area contributed by atoms with Crippen molar-refractivity contribution < 1.29 is 4.74 Å². The Bertz CT molecular complexity index is 1060. The van der Waals surface area contributed by atoms with Gasteiger partial charge in [0.05, 0.1) is 37.9 Å². The van der Waals surface area contributed by atoms with Gasteiger partial charge in [0.2, 0.25) is 5.88 Å². The van der Waals surface area contributed by atoms with Crippen molar-refractivity contribution in [2.24, 2.45) is 0 Å². The lowest BCUT2D eigenvalue weighted by Crippen LogP contribution is -2.01. The Morgan fingerprint density at radius 3 is 2.15 bits per heavy atom. The van der Waals surface area contributed by atoms with Crippen LogP contribution >= 0.6 is 31.9 Å². The molecule has 0 atom stereocenters. The third-order valence-corrected chi connectivity index (χ3v) is 4.69. The Kier molecular flexibility index (Phi) is 5.60. The maximum absolute atomic E-state index is 9.02. The van der Waals surface area contributed by atoms with Crippen LogP contribution in [-0.4, -0.2) is 4.98 Å². The molecule has 0 aliphatic heterocycles. The van der Waals surface area contributed by atoms with Crippen molar-refractivity contribution in [3.05, 3.63) is 68.6 Å². The zero-order chi connectivity index (χ0) is 19.4. The molecule has 27 heavy (non-hydrogen) atoms. The lowest BCUT2D eigenvalue weighted by Gasteiger charge is -2.13. The maximum Gasteiger partial charge on any atom is 0.221 e. The van der Waals surface area contributed by atoms with Crippen molar-refractivity contribution in [2.45, 2.75) is 0 Å². The Morgan fingerprint density at radius 1 is 0.926 bits per heavy atom. The van der Waals surface area contributed by atoms with Crippen molar-refractivity contribution >= 4 is 49.1 Å². The van der Waals surface area contributed by atoms with E-state index in [1.54, 1.807) is 48.5 Å². The first kappa shape index (κ1) is 18.7. The molecule has 0 amide bonds. The normalized spacial score (nSPS) is 9.93.